The van der Waals surface area contributed by atoms with Crippen LogP contribution in [-0.4, -0.2) is 16.8 Å². The van der Waals surface area contributed by atoms with Crippen LogP contribution < -0.4 is 0 Å². The number of hydrogen-bond acceptors (Lipinski definition) is 2. The number of carbonyl (C=O) groups excluding carboxylic acids is 1. The van der Waals surface area contributed by atoms with Gasteiger partial charge in [0.25, 0.3) is 0 Å². The Morgan fingerprint density at radius 1 is 1.25 bits per heavy atom. The third-order valence-corrected chi connectivity index (χ3v) is 5.18. The number of carbonyl (C=O) groups is 1. The van der Waals surface area contributed by atoms with Gasteiger partial charge in [-0.15, -0.1) is 0 Å². The summed E-state index contributed by atoms with van der Waals surface area (Å²) in [7, 11) is 0. The largest absolute Gasteiger partial charge is 0.464 e. The van der Waals surface area contributed by atoms with Crippen LogP contribution in [-0.2, 0) is 11.3 Å². The van der Waals surface area contributed by atoms with Gasteiger partial charge >= 0.3 is 0 Å². The van der Waals surface area contributed by atoms with E-state index in [1.54, 1.807) is 0 Å². The highest BCUT2D eigenvalue weighted by Gasteiger charge is 2.45. The third-order valence-electron chi connectivity index (χ3n) is 5.18. The van der Waals surface area contributed by atoms with Gasteiger partial charge in [-0.25, -0.2) is 0 Å². The molecule has 1 aromatic heterocycles. The molecule has 0 radical (unpaired) electrons. The fourth-order valence-electron chi connectivity index (χ4n) is 3.22. The van der Waals surface area contributed by atoms with Crippen molar-refractivity contribution in [1.82, 2.24) is 4.90 Å². The van der Waals surface area contributed by atoms with Gasteiger partial charge in [-0.3, -0.25) is 4.79 Å². The van der Waals surface area contributed by atoms with E-state index >= 15 is 0 Å². The van der Waals surface area contributed by atoms with Crippen LogP contribution in [0.1, 0.15) is 57.0 Å². The number of rotatable bonds is 5. The Kier molecular flexibility index (Phi) is 2.73. The maximum atomic E-state index is 12.5. The van der Waals surface area contributed by atoms with Crippen molar-refractivity contribution in [3.05, 3.63) is 23.7 Å². The molecule has 0 spiro atoms. The molecule has 3 aliphatic carbocycles. The van der Waals surface area contributed by atoms with Crippen LogP contribution in [0.4, 0.5) is 0 Å². The van der Waals surface area contributed by atoms with Crippen LogP contribution in [0.5, 0.6) is 0 Å². The molecule has 3 saturated carbocycles. The Bertz CT molecular complexity index is 531. The standard InChI is InChI=1S/C17H23NO2/c1-10-7-14(10)16-6-5-13(20-16)9-18(12-3-4-12)17(19)15-8-11(15)2/h5-6,10-12,14-15H,3-4,7-9H2,1-2H3. The molecule has 3 heteroatoms. The predicted molar refractivity (Wildman–Crippen MR) is 76.1 cm³/mol. The molecular weight excluding hydrogens is 250 g/mol. The van der Waals surface area contributed by atoms with Gasteiger partial charge in [0.1, 0.15) is 11.5 Å². The average Bonchev–Trinajstić information content (AvgIpc) is 3.33. The second kappa shape index (κ2) is 4.37. The highest BCUT2D eigenvalue weighted by molar-refractivity contribution is 5.82. The summed E-state index contributed by atoms with van der Waals surface area (Å²) < 4.78 is 5.97. The van der Waals surface area contributed by atoms with E-state index in [0.717, 1.165) is 23.9 Å². The first-order valence-corrected chi connectivity index (χ1v) is 8.02. The van der Waals surface area contributed by atoms with E-state index in [9.17, 15) is 4.79 Å². The molecule has 0 bridgehead atoms. The van der Waals surface area contributed by atoms with E-state index in [1.165, 1.54) is 19.3 Å². The van der Waals surface area contributed by atoms with Crippen molar-refractivity contribution >= 4 is 5.91 Å². The molecule has 1 amide bonds. The lowest BCUT2D eigenvalue weighted by molar-refractivity contribution is -0.134. The molecule has 20 heavy (non-hydrogen) atoms. The summed E-state index contributed by atoms with van der Waals surface area (Å²) in [5.74, 6) is 4.71. The van der Waals surface area contributed by atoms with Crippen LogP contribution in [0.2, 0.25) is 0 Å². The van der Waals surface area contributed by atoms with Crippen molar-refractivity contribution in [3.8, 4) is 0 Å². The first kappa shape index (κ1) is 12.5. The van der Waals surface area contributed by atoms with Gasteiger partial charge in [0.15, 0.2) is 0 Å². The summed E-state index contributed by atoms with van der Waals surface area (Å²) in [6.45, 7) is 5.11. The van der Waals surface area contributed by atoms with Gasteiger partial charge < -0.3 is 9.32 Å². The Morgan fingerprint density at radius 3 is 2.50 bits per heavy atom. The molecule has 3 aliphatic rings. The highest BCUT2D eigenvalue weighted by Crippen LogP contribution is 2.47. The van der Waals surface area contributed by atoms with E-state index in [4.69, 9.17) is 4.42 Å². The van der Waals surface area contributed by atoms with Gasteiger partial charge in [0.2, 0.25) is 5.91 Å². The molecular formula is C17H23NO2. The molecule has 3 fully saturated rings. The zero-order valence-electron chi connectivity index (χ0n) is 12.3. The molecule has 1 heterocycles. The molecule has 3 nitrogen and oxygen atoms in total. The van der Waals surface area contributed by atoms with Gasteiger partial charge in [-0.1, -0.05) is 13.8 Å². The van der Waals surface area contributed by atoms with Crippen molar-refractivity contribution in [2.24, 2.45) is 17.8 Å². The van der Waals surface area contributed by atoms with E-state index in [-0.39, 0.29) is 5.92 Å². The predicted octanol–water partition coefficient (Wildman–Crippen LogP) is 3.55. The van der Waals surface area contributed by atoms with Crippen LogP contribution in [0.15, 0.2) is 16.5 Å². The van der Waals surface area contributed by atoms with Gasteiger partial charge in [0.05, 0.1) is 6.54 Å². The average molecular weight is 273 g/mol. The fourth-order valence-corrected chi connectivity index (χ4v) is 3.22. The smallest absolute Gasteiger partial charge is 0.226 e. The first-order chi connectivity index (χ1) is 9.63. The molecule has 0 N–H and O–H groups in total. The van der Waals surface area contributed by atoms with Crippen molar-refractivity contribution in [2.45, 2.75) is 58.0 Å². The summed E-state index contributed by atoms with van der Waals surface area (Å²) in [4.78, 5) is 14.6. The Labute approximate surface area is 120 Å². The van der Waals surface area contributed by atoms with Crippen molar-refractivity contribution < 1.29 is 9.21 Å². The lowest BCUT2D eigenvalue weighted by Gasteiger charge is -2.21. The van der Waals surface area contributed by atoms with Crippen molar-refractivity contribution in [3.63, 3.8) is 0 Å². The molecule has 108 valence electrons. The summed E-state index contributed by atoms with van der Waals surface area (Å²) in [6.07, 6.45) is 4.66. The Balaban J connectivity index is 1.45. The minimum Gasteiger partial charge on any atom is -0.464 e. The van der Waals surface area contributed by atoms with Gasteiger partial charge in [0, 0.05) is 17.9 Å². The van der Waals surface area contributed by atoms with E-state index in [0.29, 0.717) is 30.3 Å². The Morgan fingerprint density at radius 2 is 1.95 bits per heavy atom. The summed E-state index contributed by atoms with van der Waals surface area (Å²) >= 11 is 0. The number of furan rings is 1. The molecule has 4 unspecified atom stereocenters. The topological polar surface area (TPSA) is 33.5 Å². The number of hydrogen-bond donors (Lipinski definition) is 0. The quantitative estimate of drug-likeness (QED) is 0.822. The molecule has 0 aromatic carbocycles. The molecule has 1 aromatic rings. The van der Waals surface area contributed by atoms with E-state index in [2.05, 4.69) is 30.9 Å². The second-order valence-electron chi connectivity index (χ2n) is 7.14. The highest BCUT2D eigenvalue weighted by atomic mass is 16.3. The minimum atomic E-state index is 0.286. The van der Waals surface area contributed by atoms with Gasteiger partial charge in [-0.2, -0.15) is 0 Å². The maximum absolute atomic E-state index is 12.5. The summed E-state index contributed by atoms with van der Waals surface area (Å²) in [6, 6.07) is 4.65. The van der Waals surface area contributed by atoms with Crippen LogP contribution in [0, 0.1) is 17.8 Å². The molecule has 4 rings (SSSR count). The monoisotopic (exact) mass is 273 g/mol. The minimum absolute atomic E-state index is 0.286. The fraction of sp³-hybridized carbons (Fsp3) is 0.706. The Hall–Kier alpha value is -1.25. The molecule has 4 atom stereocenters. The van der Waals surface area contributed by atoms with E-state index < -0.39 is 0 Å². The second-order valence-corrected chi connectivity index (χ2v) is 7.14. The lowest BCUT2D eigenvalue weighted by atomic mass is 10.2. The zero-order valence-corrected chi connectivity index (χ0v) is 12.3. The van der Waals surface area contributed by atoms with E-state index in [1.807, 2.05) is 0 Å². The summed E-state index contributed by atoms with van der Waals surface area (Å²) in [5.41, 5.74) is 0. The van der Waals surface area contributed by atoms with Crippen LogP contribution in [0.25, 0.3) is 0 Å². The third kappa shape index (κ3) is 2.27. The molecule has 0 aliphatic heterocycles. The first-order valence-electron chi connectivity index (χ1n) is 8.02. The number of amides is 1. The van der Waals surface area contributed by atoms with Gasteiger partial charge in [-0.05, 0) is 49.7 Å². The SMILES string of the molecule is CC1CC1C(=O)N(Cc1ccc(C2CC2C)o1)C1CC1. The van der Waals surface area contributed by atoms with Crippen LogP contribution in [0.3, 0.4) is 0 Å². The van der Waals surface area contributed by atoms with Crippen LogP contribution >= 0.6 is 0 Å². The maximum Gasteiger partial charge on any atom is 0.226 e. The normalized spacial score (nSPS) is 34.9. The number of nitrogens with zero attached hydrogens (tertiary/aromatic N) is 1. The molecule has 0 saturated heterocycles. The lowest BCUT2D eigenvalue weighted by Crippen LogP contribution is -2.34. The van der Waals surface area contributed by atoms with Crippen molar-refractivity contribution in [1.29, 1.82) is 0 Å². The zero-order chi connectivity index (χ0) is 13.9. The summed E-state index contributed by atoms with van der Waals surface area (Å²) in [5, 5.41) is 0. The van der Waals surface area contributed by atoms with Crippen molar-refractivity contribution in [2.75, 3.05) is 0 Å².